The fraction of sp³-hybridized carbons (Fsp3) is 0.300. The number of carbonyl (C=O) groups is 2. The number of hydrogen-bond donors (Lipinski definition) is 2. The quantitative estimate of drug-likeness (QED) is 0.796. The van der Waals surface area contributed by atoms with Crippen molar-refractivity contribution in [3.63, 3.8) is 0 Å². The first-order valence-corrected chi connectivity index (χ1v) is 9.67. The Hall–Kier alpha value is -2.67. The summed E-state index contributed by atoms with van der Waals surface area (Å²) < 4.78 is 10.4. The Morgan fingerprint density at radius 3 is 2.59 bits per heavy atom. The molecule has 2 aromatic rings. The molecule has 142 valence electrons. The maximum absolute atomic E-state index is 12.4. The van der Waals surface area contributed by atoms with Crippen LogP contribution in [-0.4, -0.2) is 37.0 Å². The molecule has 6 nitrogen and oxygen atoms in total. The Morgan fingerprint density at radius 1 is 1.19 bits per heavy atom. The Bertz CT molecular complexity index is 818. The highest BCUT2D eigenvalue weighted by atomic mass is 32.2. The molecule has 2 aromatic carbocycles. The van der Waals surface area contributed by atoms with Crippen LogP contribution in [0.3, 0.4) is 0 Å². The topological polar surface area (TPSA) is 76.7 Å². The number of fused-ring (bicyclic) bond motifs is 1. The average molecular weight is 386 g/mol. The molecule has 0 aliphatic carbocycles. The highest BCUT2D eigenvalue weighted by Crippen LogP contribution is 2.28. The molecule has 0 bridgehead atoms. The van der Waals surface area contributed by atoms with Gasteiger partial charge < -0.3 is 20.1 Å². The van der Waals surface area contributed by atoms with Crippen molar-refractivity contribution in [1.82, 2.24) is 0 Å². The number of aryl methyl sites for hydroxylation is 1. The third-order valence-electron chi connectivity index (χ3n) is 4.29. The first kappa shape index (κ1) is 19.1. The van der Waals surface area contributed by atoms with Gasteiger partial charge in [-0.05, 0) is 24.5 Å². The van der Waals surface area contributed by atoms with Crippen LogP contribution < -0.4 is 20.1 Å². The summed E-state index contributed by atoms with van der Waals surface area (Å²) in [5.41, 5.74) is 2.58. The molecular formula is C20H22N2O4S. The summed E-state index contributed by atoms with van der Waals surface area (Å²) in [6.45, 7) is 0. The molecule has 1 heterocycles. The second kappa shape index (κ2) is 8.81. The van der Waals surface area contributed by atoms with Crippen LogP contribution in [0.1, 0.15) is 12.0 Å². The van der Waals surface area contributed by atoms with Crippen molar-refractivity contribution in [3.05, 3.63) is 48.0 Å². The number of nitrogens with one attached hydrogen (secondary N) is 2. The van der Waals surface area contributed by atoms with E-state index in [1.165, 1.54) is 11.8 Å². The van der Waals surface area contributed by atoms with Crippen molar-refractivity contribution >= 4 is 35.0 Å². The third kappa shape index (κ3) is 4.95. The van der Waals surface area contributed by atoms with Crippen molar-refractivity contribution in [1.29, 1.82) is 0 Å². The molecule has 1 aliphatic rings. The molecule has 1 unspecified atom stereocenters. The lowest BCUT2D eigenvalue weighted by Gasteiger charge is -2.13. The van der Waals surface area contributed by atoms with Crippen molar-refractivity contribution in [2.45, 2.75) is 18.1 Å². The molecule has 27 heavy (non-hydrogen) atoms. The molecule has 0 saturated heterocycles. The third-order valence-corrected chi connectivity index (χ3v) is 5.58. The summed E-state index contributed by atoms with van der Waals surface area (Å²) in [7, 11) is 3.11. The number of para-hydroxylation sites is 1. The van der Waals surface area contributed by atoms with Gasteiger partial charge in [0.2, 0.25) is 11.8 Å². The van der Waals surface area contributed by atoms with Crippen molar-refractivity contribution in [2.75, 3.05) is 30.6 Å². The molecule has 0 aromatic heterocycles. The summed E-state index contributed by atoms with van der Waals surface area (Å²) >= 11 is 1.35. The molecule has 0 fully saturated rings. The van der Waals surface area contributed by atoms with Gasteiger partial charge in [-0.1, -0.05) is 18.2 Å². The number of amides is 2. The Morgan fingerprint density at radius 2 is 1.89 bits per heavy atom. The SMILES string of the molecule is COc1cc(NC(=O)CSC2CCc3ccccc3NC2=O)cc(OC)c1. The smallest absolute Gasteiger partial charge is 0.237 e. The predicted molar refractivity (Wildman–Crippen MR) is 108 cm³/mol. The first-order chi connectivity index (χ1) is 13.1. The number of carbonyl (C=O) groups excluding carboxylic acids is 2. The van der Waals surface area contributed by atoms with Crippen molar-refractivity contribution < 1.29 is 19.1 Å². The second-order valence-electron chi connectivity index (χ2n) is 6.13. The number of thioether (sulfide) groups is 1. The molecule has 0 spiro atoms. The summed E-state index contributed by atoms with van der Waals surface area (Å²) in [5.74, 6) is 1.15. The molecule has 2 amide bonds. The molecular weight excluding hydrogens is 364 g/mol. The Balaban J connectivity index is 1.57. The Kier molecular flexibility index (Phi) is 6.24. The summed E-state index contributed by atoms with van der Waals surface area (Å²) in [6, 6.07) is 13.0. The first-order valence-electron chi connectivity index (χ1n) is 8.62. The summed E-state index contributed by atoms with van der Waals surface area (Å²) in [5, 5.41) is 5.52. The maximum Gasteiger partial charge on any atom is 0.237 e. The average Bonchev–Trinajstić information content (AvgIpc) is 2.84. The van der Waals surface area contributed by atoms with E-state index in [0.29, 0.717) is 23.6 Å². The monoisotopic (exact) mass is 386 g/mol. The van der Waals surface area contributed by atoms with Gasteiger partial charge in [0, 0.05) is 29.6 Å². The van der Waals surface area contributed by atoms with Crippen LogP contribution in [0.15, 0.2) is 42.5 Å². The van der Waals surface area contributed by atoms with Gasteiger partial charge >= 0.3 is 0 Å². The van der Waals surface area contributed by atoms with Gasteiger partial charge in [-0.25, -0.2) is 0 Å². The number of ether oxygens (including phenoxy) is 2. The zero-order valence-corrected chi connectivity index (χ0v) is 16.1. The highest BCUT2D eigenvalue weighted by Gasteiger charge is 2.24. The number of methoxy groups -OCH3 is 2. The fourth-order valence-corrected chi connectivity index (χ4v) is 3.82. The number of rotatable bonds is 6. The zero-order chi connectivity index (χ0) is 19.2. The van der Waals surface area contributed by atoms with Crippen LogP contribution in [0, 0.1) is 0 Å². The van der Waals surface area contributed by atoms with Crippen LogP contribution >= 0.6 is 11.8 Å². The van der Waals surface area contributed by atoms with Gasteiger partial charge in [0.1, 0.15) is 11.5 Å². The van der Waals surface area contributed by atoms with E-state index >= 15 is 0 Å². The van der Waals surface area contributed by atoms with Crippen LogP contribution in [0.5, 0.6) is 11.5 Å². The van der Waals surface area contributed by atoms with E-state index in [9.17, 15) is 9.59 Å². The number of hydrogen-bond acceptors (Lipinski definition) is 5. The van der Waals surface area contributed by atoms with E-state index in [2.05, 4.69) is 10.6 Å². The zero-order valence-electron chi connectivity index (χ0n) is 15.3. The maximum atomic E-state index is 12.4. The van der Waals surface area contributed by atoms with E-state index in [1.807, 2.05) is 24.3 Å². The normalized spacial score (nSPS) is 15.9. The standard InChI is InChI=1S/C20H22N2O4S/c1-25-15-9-14(10-16(11-15)26-2)21-19(23)12-27-18-8-7-13-5-3-4-6-17(13)22-20(18)24/h3-6,9-11,18H,7-8,12H2,1-2H3,(H,21,23)(H,22,24). The van der Waals surface area contributed by atoms with Crippen LogP contribution in [0.25, 0.3) is 0 Å². The summed E-state index contributed by atoms with van der Waals surface area (Å²) in [4.78, 5) is 24.7. The molecule has 0 saturated carbocycles. The van der Waals surface area contributed by atoms with Gasteiger partial charge in [-0.3, -0.25) is 9.59 Å². The van der Waals surface area contributed by atoms with Gasteiger partial charge in [0.25, 0.3) is 0 Å². The minimum Gasteiger partial charge on any atom is -0.497 e. The number of anilines is 2. The van der Waals surface area contributed by atoms with Gasteiger partial charge in [-0.2, -0.15) is 0 Å². The van der Waals surface area contributed by atoms with E-state index in [1.54, 1.807) is 32.4 Å². The predicted octanol–water partition coefficient (Wildman–Crippen LogP) is 3.33. The molecule has 0 radical (unpaired) electrons. The number of benzene rings is 2. The minimum atomic E-state index is -0.261. The minimum absolute atomic E-state index is 0.0548. The van der Waals surface area contributed by atoms with E-state index in [0.717, 1.165) is 17.7 Å². The molecule has 2 N–H and O–H groups in total. The van der Waals surface area contributed by atoms with Crippen LogP contribution in [0.2, 0.25) is 0 Å². The van der Waals surface area contributed by atoms with E-state index in [4.69, 9.17) is 9.47 Å². The lowest BCUT2D eigenvalue weighted by molar-refractivity contribution is -0.115. The second-order valence-corrected chi connectivity index (χ2v) is 7.33. The van der Waals surface area contributed by atoms with Crippen LogP contribution in [0.4, 0.5) is 11.4 Å². The van der Waals surface area contributed by atoms with E-state index in [-0.39, 0.29) is 22.8 Å². The van der Waals surface area contributed by atoms with Crippen molar-refractivity contribution in [3.8, 4) is 11.5 Å². The molecule has 7 heteroatoms. The van der Waals surface area contributed by atoms with Gasteiger partial charge in [0.15, 0.2) is 0 Å². The molecule has 1 aliphatic heterocycles. The van der Waals surface area contributed by atoms with E-state index < -0.39 is 0 Å². The van der Waals surface area contributed by atoms with Crippen LogP contribution in [-0.2, 0) is 16.0 Å². The Labute approximate surface area is 162 Å². The lowest BCUT2D eigenvalue weighted by Crippen LogP contribution is -2.26. The highest BCUT2D eigenvalue weighted by molar-refractivity contribution is 8.01. The fourth-order valence-electron chi connectivity index (χ4n) is 2.90. The van der Waals surface area contributed by atoms with Gasteiger partial charge in [0.05, 0.1) is 25.2 Å². The van der Waals surface area contributed by atoms with Crippen molar-refractivity contribution in [2.24, 2.45) is 0 Å². The lowest BCUT2D eigenvalue weighted by atomic mass is 10.1. The van der Waals surface area contributed by atoms with Gasteiger partial charge in [-0.15, -0.1) is 11.8 Å². The molecule has 1 atom stereocenters. The largest absolute Gasteiger partial charge is 0.497 e. The molecule has 3 rings (SSSR count). The summed E-state index contributed by atoms with van der Waals surface area (Å²) in [6.07, 6.45) is 1.51.